The predicted molar refractivity (Wildman–Crippen MR) is 49.0 cm³/mol. The summed E-state index contributed by atoms with van der Waals surface area (Å²) in [5.74, 6) is 0.651. The molecule has 0 spiro atoms. The molecule has 0 bridgehead atoms. The first-order valence-corrected chi connectivity index (χ1v) is 4.28. The summed E-state index contributed by atoms with van der Waals surface area (Å²) < 4.78 is 5.26. The largest absolute Gasteiger partial charge is 0.439 e. The Balaban J connectivity index is 2.74. The monoisotopic (exact) mass is 195 g/mol. The third kappa shape index (κ3) is 1.31. The normalized spacial score (nSPS) is 10.5. The second-order valence-electron chi connectivity index (χ2n) is 2.55. The second-order valence-corrected chi connectivity index (χ2v) is 2.82. The topological polar surface area (TPSA) is 43.1 Å². The zero-order chi connectivity index (χ0) is 9.26. The Kier molecular flexibility index (Phi) is 2.02. The van der Waals surface area contributed by atoms with Crippen LogP contribution in [0.2, 0.25) is 0 Å². The lowest BCUT2D eigenvalue weighted by molar-refractivity contribution is 0.112. The van der Waals surface area contributed by atoms with Crippen LogP contribution in [0.4, 0.5) is 0 Å². The van der Waals surface area contributed by atoms with Crippen LogP contribution >= 0.6 is 11.6 Å². The highest BCUT2D eigenvalue weighted by Gasteiger charge is 2.07. The number of carbonyl (C=O) groups is 1. The summed E-state index contributed by atoms with van der Waals surface area (Å²) in [4.78, 5) is 14.7. The summed E-state index contributed by atoms with van der Waals surface area (Å²) in [6.45, 7) is 0. The van der Waals surface area contributed by atoms with E-state index in [4.69, 9.17) is 16.0 Å². The summed E-state index contributed by atoms with van der Waals surface area (Å²) >= 11 is 5.55. The van der Waals surface area contributed by atoms with Gasteiger partial charge in [-0.2, -0.15) is 0 Å². The Labute approximate surface area is 79.3 Å². The second kappa shape index (κ2) is 3.18. The van der Waals surface area contributed by atoms with Crippen LogP contribution in [0.3, 0.4) is 0 Å². The summed E-state index contributed by atoms with van der Waals surface area (Å²) in [6, 6.07) is 5.19. The number of rotatable bonds is 2. The van der Waals surface area contributed by atoms with Gasteiger partial charge in [-0.15, -0.1) is 11.6 Å². The van der Waals surface area contributed by atoms with Crippen LogP contribution in [0.1, 0.15) is 16.2 Å². The number of oxazole rings is 1. The maximum Gasteiger partial charge on any atom is 0.210 e. The molecule has 1 aromatic carbocycles. The number of alkyl halides is 1. The van der Waals surface area contributed by atoms with Gasteiger partial charge < -0.3 is 4.42 Å². The van der Waals surface area contributed by atoms with E-state index in [1.807, 2.05) is 0 Å². The van der Waals surface area contributed by atoms with E-state index in [-0.39, 0.29) is 5.88 Å². The lowest BCUT2D eigenvalue weighted by Gasteiger charge is -1.87. The molecule has 2 rings (SSSR count). The number of halogens is 1. The number of hydrogen-bond donors (Lipinski definition) is 0. The molecule has 0 radical (unpaired) electrons. The van der Waals surface area contributed by atoms with Crippen molar-refractivity contribution in [3.8, 4) is 0 Å². The highest BCUT2D eigenvalue weighted by molar-refractivity contribution is 6.16. The number of carbonyl (C=O) groups excluding carboxylic acids is 1. The molecule has 0 saturated carbocycles. The molecular formula is C9H6ClNO2. The first kappa shape index (κ1) is 8.26. The molecule has 4 heteroatoms. The molecule has 3 nitrogen and oxygen atoms in total. The van der Waals surface area contributed by atoms with E-state index < -0.39 is 0 Å². The molecule has 2 aromatic rings. The third-order valence-corrected chi connectivity index (χ3v) is 1.96. The van der Waals surface area contributed by atoms with Gasteiger partial charge in [0, 0.05) is 5.56 Å². The molecule has 0 aliphatic heterocycles. The van der Waals surface area contributed by atoms with Gasteiger partial charge in [0.05, 0.1) is 5.88 Å². The van der Waals surface area contributed by atoms with Gasteiger partial charge in [0.25, 0.3) is 0 Å². The van der Waals surface area contributed by atoms with E-state index in [2.05, 4.69) is 4.98 Å². The minimum absolute atomic E-state index is 0.215. The summed E-state index contributed by atoms with van der Waals surface area (Å²) in [5.41, 5.74) is 1.70. The van der Waals surface area contributed by atoms with Crippen molar-refractivity contribution in [2.24, 2.45) is 0 Å². The fraction of sp³-hybridized carbons (Fsp3) is 0.111. The Bertz CT molecular complexity index is 450. The van der Waals surface area contributed by atoms with Crippen molar-refractivity contribution in [1.29, 1.82) is 0 Å². The molecule has 13 heavy (non-hydrogen) atoms. The minimum Gasteiger partial charge on any atom is -0.439 e. The van der Waals surface area contributed by atoms with Crippen LogP contribution in [0, 0.1) is 0 Å². The third-order valence-electron chi connectivity index (χ3n) is 1.74. The highest BCUT2D eigenvalue weighted by Crippen LogP contribution is 2.19. The summed E-state index contributed by atoms with van der Waals surface area (Å²) in [7, 11) is 0. The van der Waals surface area contributed by atoms with Gasteiger partial charge in [-0.1, -0.05) is 6.07 Å². The molecule has 0 unspecified atom stereocenters. The van der Waals surface area contributed by atoms with Crippen LogP contribution in [0.5, 0.6) is 0 Å². The van der Waals surface area contributed by atoms with E-state index in [1.54, 1.807) is 18.2 Å². The molecule has 0 saturated heterocycles. The predicted octanol–water partition coefficient (Wildman–Crippen LogP) is 2.38. The van der Waals surface area contributed by atoms with Crippen molar-refractivity contribution in [2.75, 3.05) is 0 Å². The van der Waals surface area contributed by atoms with E-state index in [0.29, 0.717) is 22.6 Å². The van der Waals surface area contributed by atoms with Gasteiger partial charge >= 0.3 is 0 Å². The van der Waals surface area contributed by atoms with Gasteiger partial charge in [-0.3, -0.25) is 4.79 Å². The zero-order valence-corrected chi connectivity index (χ0v) is 7.41. The fourth-order valence-corrected chi connectivity index (χ4v) is 1.28. The lowest BCUT2D eigenvalue weighted by atomic mass is 10.2. The van der Waals surface area contributed by atoms with Crippen LogP contribution in [-0.2, 0) is 5.88 Å². The van der Waals surface area contributed by atoms with Crippen LogP contribution in [-0.4, -0.2) is 11.3 Å². The number of benzene rings is 1. The van der Waals surface area contributed by atoms with Crippen molar-refractivity contribution in [1.82, 2.24) is 4.98 Å². The number of hydrogen-bond acceptors (Lipinski definition) is 3. The summed E-state index contributed by atoms with van der Waals surface area (Å²) in [6.07, 6.45) is 0.753. The minimum atomic E-state index is 0.215. The Morgan fingerprint density at radius 3 is 3.08 bits per heavy atom. The maximum atomic E-state index is 10.6. The number of aldehydes is 1. The molecule has 66 valence electrons. The molecule has 0 aliphatic carbocycles. The molecule has 1 aromatic heterocycles. The van der Waals surface area contributed by atoms with Gasteiger partial charge in [-0.25, -0.2) is 4.98 Å². The average Bonchev–Trinajstić information content (AvgIpc) is 2.59. The van der Waals surface area contributed by atoms with Crippen molar-refractivity contribution in [3.05, 3.63) is 29.7 Å². The fourth-order valence-electron chi connectivity index (χ4n) is 1.17. The van der Waals surface area contributed by atoms with E-state index >= 15 is 0 Å². The average molecular weight is 196 g/mol. The highest BCUT2D eigenvalue weighted by atomic mass is 35.5. The van der Waals surface area contributed by atoms with Crippen LogP contribution in [0.15, 0.2) is 22.6 Å². The van der Waals surface area contributed by atoms with E-state index in [0.717, 1.165) is 6.29 Å². The Hall–Kier alpha value is -1.35. The van der Waals surface area contributed by atoms with E-state index in [9.17, 15) is 4.79 Å². The van der Waals surface area contributed by atoms with Crippen molar-refractivity contribution >= 4 is 29.0 Å². The van der Waals surface area contributed by atoms with Crippen LogP contribution < -0.4 is 0 Å². The molecule has 1 heterocycles. The standard InChI is InChI=1S/C9H6ClNO2/c10-4-8-11-9-6(5-12)2-1-3-7(9)13-8/h1-3,5H,4H2. The van der Waals surface area contributed by atoms with Gasteiger partial charge in [0.1, 0.15) is 5.52 Å². The number of aromatic nitrogens is 1. The molecule has 0 N–H and O–H groups in total. The number of para-hydroxylation sites is 1. The van der Waals surface area contributed by atoms with Gasteiger partial charge in [-0.05, 0) is 12.1 Å². The quantitative estimate of drug-likeness (QED) is 0.546. The maximum absolute atomic E-state index is 10.6. The summed E-state index contributed by atoms with van der Waals surface area (Å²) in [5, 5.41) is 0. The lowest BCUT2D eigenvalue weighted by Crippen LogP contribution is -1.81. The molecule has 0 fully saturated rings. The van der Waals surface area contributed by atoms with Crippen molar-refractivity contribution in [3.63, 3.8) is 0 Å². The number of fused-ring (bicyclic) bond motifs is 1. The first-order valence-electron chi connectivity index (χ1n) is 3.74. The zero-order valence-electron chi connectivity index (χ0n) is 6.66. The Morgan fingerprint density at radius 1 is 1.54 bits per heavy atom. The SMILES string of the molecule is O=Cc1cccc2oc(CCl)nc12. The van der Waals surface area contributed by atoms with Crippen molar-refractivity contribution in [2.45, 2.75) is 5.88 Å². The number of nitrogens with zero attached hydrogens (tertiary/aromatic N) is 1. The van der Waals surface area contributed by atoms with E-state index in [1.165, 1.54) is 0 Å². The van der Waals surface area contributed by atoms with Crippen molar-refractivity contribution < 1.29 is 9.21 Å². The van der Waals surface area contributed by atoms with Crippen LogP contribution in [0.25, 0.3) is 11.1 Å². The molecular weight excluding hydrogens is 190 g/mol. The first-order chi connectivity index (χ1) is 6.35. The molecule has 0 amide bonds. The Morgan fingerprint density at radius 2 is 2.38 bits per heavy atom. The van der Waals surface area contributed by atoms with Gasteiger partial charge in [0.2, 0.25) is 5.89 Å². The molecule has 0 atom stereocenters. The van der Waals surface area contributed by atoms with Gasteiger partial charge in [0.15, 0.2) is 11.9 Å². The smallest absolute Gasteiger partial charge is 0.210 e. The molecule has 0 aliphatic rings.